The lowest BCUT2D eigenvalue weighted by atomic mass is 9.87. The van der Waals surface area contributed by atoms with Gasteiger partial charge in [0, 0.05) is 13.0 Å². The van der Waals surface area contributed by atoms with E-state index in [1.54, 1.807) is 5.48 Å². The molecule has 0 aromatic heterocycles. The first kappa shape index (κ1) is 25.1. The highest BCUT2D eigenvalue weighted by molar-refractivity contribution is 5.74. The normalized spacial score (nSPS) is 15.7. The standard InChI is InChI=1S/C27H38N2O4/c1-3-32-24-19-22-16-18-29(17-12-7-5-6-11-15-26(30)28-31)27(21-13-9-8-10-14-21)23(22)20-25(24)33-4-2/h8-10,13-14,19-20,27,31H,3-7,11-12,15-18H2,1-2H3,(H,28,30). The quantitative estimate of drug-likeness (QED) is 0.245. The van der Waals surface area contributed by atoms with E-state index in [0.29, 0.717) is 19.6 Å². The molecule has 2 aromatic rings. The summed E-state index contributed by atoms with van der Waals surface area (Å²) >= 11 is 0. The van der Waals surface area contributed by atoms with Gasteiger partial charge in [-0.1, -0.05) is 49.6 Å². The van der Waals surface area contributed by atoms with Gasteiger partial charge in [-0.15, -0.1) is 0 Å². The van der Waals surface area contributed by atoms with Crippen molar-refractivity contribution in [1.29, 1.82) is 0 Å². The van der Waals surface area contributed by atoms with E-state index in [2.05, 4.69) is 47.4 Å². The third-order valence-electron chi connectivity index (χ3n) is 6.22. The number of fused-ring (bicyclic) bond motifs is 1. The zero-order valence-electron chi connectivity index (χ0n) is 20.0. The SMILES string of the molecule is CCOc1cc2c(cc1OCC)C(c1ccccc1)N(CCCCCCCC(=O)NO)CC2. The number of hydrogen-bond donors (Lipinski definition) is 2. The van der Waals surface area contributed by atoms with Crippen LogP contribution in [0, 0.1) is 0 Å². The zero-order chi connectivity index (χ0) is 23.5. The van der Waals surface area contributed by atoms with Crippen molar-refractivity contribution in [3.63, 3.8) is 0 Å². The summed E-state index contributed by atoms with van der Waals surface area (Å²) in [5.41, 5.74) is 5.66. The molecule has 0 aliphatic carbocycles. The van der Waals surface area contributed by atoms with Crippen LogP contribution in [0.25, 0.3) is 0 Å². The molecule has 0 saturated carbocycles. The molecule has 1 amide bonds. The van der Waals surface area contributed by atoms with E-state index in [1.165, 1.54) is 16.7 Å². The predicted molar refractivity (Wildman–Crippen MR) is 130 cm³/mol. The summed E-state index contributed by atoms with van der Waals surface area (Å²) in [6.07, 6.45) is 6.59. The van der Waals surface area contributed by atoms with Crippen molar-refractivity contribution in [2.75, 3.05) is 26.3 Å². The molecule has 2 N–H and O–H groups in total. The van der Waals surface area contributed by atoms with Gasteiger partial charge in [-0.3, -0.25) is 14.9 Å². The molecule has 6 nitrogen and oxygen atoms in total. The lowest BCUT2D eigenvalue weighted by Crippen LogP contribution is -2.37. The van der Waals surface area contributed by atoms with Crippen LogP contribution in [-0.2, 0) is 11.2 Å². The highest BCUT2D eigenvalue weighted by Crippen LogP contribution is 2.41. The Hall–Kier alpha value is -2.57. The van der Waals surface area contributed by atoms with Crippen molar-refractivity contribution >= 4 is 5.91 Å². The van der Waals surface area contributed by atoms with Crippen LogP contribution in [0.2, 0.25) is 0 Å². The topological polar surface area (TPSA) is 71.0 Å². The second-order valence-electron chi connectivity index (χ2n) is 8.52. The highest BCUT2D eigenvalue weighted by Gasteiger charge is 2.30. The summed E-state index contributed by atoms with van der Waals surface area (Å²) in [4.78, 5) is 13.7. The number of carbonyl (C=O) groups excluding carboxylic acids is 1. The van der Waals surface area contributed by atoms with Crippen molar-refractivity contribution < 1.29 is 19.5 Å². The fraction of sp³-hybridized carbons (Fsp3) is 0.519. The fourth-order valence-corrected chi connectivity index (χ4v) is 4.67. The number of amides is 1. The molecule has 1 aliphatic heterocycles. The lowest BCUT2D eigenvalue weighted by molar-refractivity contribution is -0.129. The minimum Gasteiger partial charge on any atom is -0.490 e. The van der Waals surface area contributed by atoms with E-state index in [0.717, 1.165) is 63.1 Å². The average Bonchev–Trinajstić information content (AvgIpc) is 2.84. The highest BCUT2D eigenvalue weighted by atomic mass is 16.5. The van der Waals surface area contributed by atoms with Gasteiger partial charge in [0.25, 0.3) is 0 Å². The Kier molecular flexibility index (Phi) is 10.0. The zero-order valence-corrected chi connectivity index (χ0v) is 20.0. The van der Waals surface area contributed by atoms with Gasteiger partial charge in [0.15, 0.2) is 11.5 Å². The Morgan fingerprint density at radius 2 is 1.67 bits per heavy atom. The van der Waals surface area contributed by atoms with Crippen molar-refractivity contribution in [1.82, 2.24) is 10.4 Å². The van der Waals surface area contributed by atoms with E-state index in [9.17, 15) is 4.79 Å². The van der Waals surface area contributed by atoms with Crippen LogP contribution in [0.4, 0.5) is 0 Å². The summed E-state index contributed by atoms with van der Waals surface area (Å²) in [7, 11) is 0. The van der Waals surface area contributed by atoms with E-state index < -0.39 is 0 Å². The summed E-state index contributed by atoms with van der Waals surface area (Å²) in [5, 5.41) is 8.58. The van der Waals surface area contributed by atoms with Crippen LogP contribution >= 0.6 is 0 Å². The third kappa shape index (κ3) is 6.95. The van der Waals surface area contributed by atoms with Crippen molar-refractivity contribution in [2.24, 2.45) is 0 Å². The molecule has 1 unspecified atom stereocenters. The van der Waals surface area contributed by atoms with Crippen LogP contribution in [0.15, 0.2) is 42.5 Å². The maximum Gasteiger partial charge on any atom is 0.243 e. The number of unbranched alkanes of at least 4 members (excludes halogenated alkanes) is 4. The number of hydrogen-bond acceptors (Lipinski definition) is 5. The molecule has 1 aliphatic rings. The summed E-state index contributed by atoms with van der Waals surface area (Å²) < 4.78 is 11.8. The molecule has 0 saturated heterocycles. The summed E-state index contributed by atoms with van der Waals surface area (Å²) in [6.45, 7) is 7.30. The van der Waals surface area contributed by atoms with E-state index >= 15 is 0 Å². The lowest BCUT2D eigenvalue weighted by Gasteiger charge is -2.38. The minimum absolute atomic E-state index is 0.207. The Morgan fingerprint density at radius 3 is 2.36 bits per heavy atom. The number of carbonyl (C=O) groups is 1. The van der Waals surface area contributed by atoms with Gasteiger partial charge >= 0.3 is 0 Å². The van der Waals surface area contributed by atoms with E-state index in [-0.39, 0.29) is 11.9 Å². The molecular formula is C27H38N2O4. The smallest absolute Gasteiger partial charge is 0.243 e. The summed E-state index contributed by atoms with van der Waals surface area (Å²) in [6, 6.07) is 15.3. The van der Waals surface area contributed by atoms with Crippen LogP contribution in [0.3, 0.4) is 0 Å². The second kappa shape index (κ2) is 13.2. The summed E-state index contributed by atoms with van der Waals surface area (Å²) in [5.74, 6) is 1.37. The molecule has 0 fully saturated rings. The van der Waals surface area contributed by atoms with Gasteiger partial charge in [0.05, 0.1) is 19.3 Å². The van der Waals surface area contributed by atoms with E-state index in [1.807, 2.05) is 13.8 Å². The van der Waals surface area contributed by atoms with E-state index in [4.69, 9.17) is 14.7 Å². The first-order valence-electron chi connectivity index (χ1n) is 12.3. The number of nitrogens with one attached hydrogen (secondary N) is 1. The average molecular weight is 455 g/mol. The molecular weight excluding hydrogens is 416 g/mol. The molecule has 1 atom stereocenters. The molecule has 0 radical (unpaired) electrons. The van der Waals surface area contributed by atoms with Gasteiger partial charge in [-0.2, -0.15) is 0 Å². The molecule has 1 heterocycles. The van der Waals surface area contributed by atoms with Gasteiger partial charge in [-0.05, 0) is 68.5 Å². The van der Waals surface area contributed by atoms with Crippen molar-refractivity contribution in [3.05, 3.63) is 59.2 Å². The molecule has 180 valence electrons. The van der Waals surface area contributed by atoms with Crippen LogP contribution in [-0.4, -0.2) is 42.3 Å². The molecule has 33 heavy (non-hydrogen) atoms. The number of nitrogens with zero attached hydrogens (tertiary/aromatic N) is 1. The maximum atomic E-state index is 11.1. The van der Waals surface area contributed by atoms with Crippen molar-refractivity contribution in [2.45, 2.75) is 64.8 Å². The number of rotatable bonds is 13. The fourth-order valence-electron chi connectivity index (χ4n) is 4.67. The van der Waals surface area contributed by atoms with Crippen LogP contribution in [0.1, 0.15) is 75.1 Å². The minimum atomic E-state index is -0.299. The Morgan fingerprint density at radius 1 is 1.00 bits per heavy atom. The molecule has 0 bridgehead atoms. The Labute approximate surface area is 197 Å². The van der Waals surface area contributed by atoms with Crippen LogP contribution in [0.5, 0.6) is 11.5 Å². The predicted octanol–water partition coefficient (Wildman–Crippen LogP) is 5.28. The van der Waals surface area contributed by atoms with Gasteiger partial charge in [-0.25, -0.2) is 5.48 Å². The number of ether oxygens (including phenoxy) is 2. The first-order chi connectivity index (χ1) is 16.2. The van der Waals surface area contributed by atoms with Gasteiger partial charge in [0.2, 0.25) is 5.91 Å². The monoisotopic (exact) mass is 454 g/mol. The van der Waals surface area contributed by atoms with Crippen LogP contribution < -0.4 is 15.0 Å². The molecule has 3 rings (SSSR count). The van der Waals surface area contributed by atoms with Gasteiger partial charge in [0.1, 0.15) is 0 Å². The third-order valence-corrected chi connectivity index (χ3v) is 6.22. The Bertz CT molecular complexity index is 872. The number of benzene rings is 2. The number of hydroxylamine groups is 1. The Balaban J connectivity index is 1.71. The maximum absolute atomic E-state index is 11.1. The molecule has 0 spiro atoms. The second-order valence-corrected chi connectivity index (χ2v) is 8.52. The van der Waals surface area contributed by atoms with Gasteiger partial charge < -0.3 is 9.47 Å². The molecule has 2 aromatic carbocycles. The largest absolute Gasteiger partial charge is 0.490 e. The molecule has 6 heteroatoms. The first-order valence-corrected chi connectivity index (χ1v) is 12.3. The van der Waals surface area contributed by atoms with Crippen molar-refractivity contribution in [3.8, 4) is 11.5 Å².